The zero-order valence-corrected chi connectivity index (χ0v) is 13.7. The van der Waals surface area contributed by atoms with Crippen LogP contribution in [0.2, 0.25) is 0 Å². The normalized spacial score (nSPS) is 11.9. The van der Waals surface area contributed by atoms with E-state index in [1.807, 2.05) is 0 Å². The highest BCUT2D eigenvalue weighted by atomic mass is 19.2. The van der Waals surface area contributed by atoms with Crippen molar-refractivity contribution >= 4 is 32.3 Å². The van der Waals surface area contributed by atoms with Gasteiger partial charge in [0.25, 0.3) is 0 Å². The van der Waals surface area contributed by atoms with Crippen molar-refractivity contribution in [3.8, 4) is 11.5 Å². The molecule has 0 saturated carbocycles. The summed E-state index contributed by atoms with van der Waals surface area (Å²) in [4.78, 5) is 0. The van der Waals surface area contributed by atoms with Crippen LogP contribution in [0.25, 0.3) is 32.3 Å². The third-order valence-electron chi connectivity index (χ3n) is 4.62. The molecule has 4 aromatic rings. The number of benzene rings is 4. The molecule has 0 aliphatic carbocycles. The van der Waals surface area contributed by atoms with Crippen molar-refractivity contribution in [1.29, 1.82) is 0 Å². The van der Waals surface area contributed by atoms with Crippen LogP contribution in [0.1, 0.15) is 0 Å². The molecule has 0 aliphatic rings. The zero-order chi connectivity index (χ0) is 22.4. The minimum Gasteiger partial charge on any atom is -0.504 e. The van der Waals surface area contributed by atoms with Gasteiger partial charge in [0.05, 0.1) is 0 Å². The molecule has 0 spiro atoms. The molecule has 156 valence electrons. The average molecular weight is 440 g/mol. The first-order valence-electron chi connectivity index (χ1n) is 7.59. The van der Waals surface area contributed by atoms with E-state index in [-0.39, 0.29) is 0 Å². The summed E-state index contributed by atoms with van der Waals surface area (Å²) in [7, 11) is 0. The van der Waals surface area contributed by atoms with Gasteiger partial charge in [0.2, 0.25) is 11.6 Å². The molecule has 0 bridgehead atoms. The first kappa shape index (κ1) is 19.9. The number of aromatic hydroxyl groups is 2. The summed E-state index contributed by atoms with van der Waals surface area (Å²) in [6.07, 6.45) is 0. The molecular formula is C18H2F10O2. The largest absolute Gasteiger partial charge is 0.504 e. The highest BCUT2D eigenvalue weighted by molar-refractivity contribution is 6.29. The lowest BCUT2D eigenvalue weighted by atomic mass is 9.91. The van der Waals surface area contributed by atoms with Crippen LogP contribution in [0.15, 0.2) is 0 Å². The molecule has 30 heavy (non-hydrogen) atoms. The van der Waals surface area contributed by atoms with Gasteiger partial charge < -0.3 is 10.2 Å². The SMILES string of the molecule is Oc1c(F)c(F)c(O)c2c1c1c(F)c(F)c(F)c(F)c1c1c(F)c(F)c(F)c(F)c21. The Morgan fingerprint density at radius 1 is 0.267 bits per heavy atom. The van der Waals surface area contributed by atoms with Crippen molar-refractivity contribution in [3.63, 3.8) is 0 Å². The molecule has 2 nitrogen and oxygen atoms in total. The van der Waals surface area contributed by atoms with Crippen molar-refractivity contribution < 1.29 is 54.1 Å². The van der Waals surface area contributed by atoms with Crippen molar-refractivity contribution in [2.45, 2.75) is 0 Å². The first-order chi connectivity index (χ1) is 13.9. The van der Waals surface area contributed by atoms with E-state index in [9.17, 15) is 54.1 Å². The third kappa shape index (κ3) is 2.10. The van der Waals surface area contributed by atoms with E-state index in [1.54, 1.807) is 0 Å². The number of halogens is 10. The maximum Gasteiger partial charge on any atom is 0.204 e. The number of rotatable bonds is 0. The maximum absolute atomic E-state index is 14.5. The fourth-order valence-electron chi connectivity index (χ4n) is 3.35. The molecule has 4 aromatic carbocycles. The van der Waals surface area contributed by atoms with Gasteiger partial charge in [-0.2, -0.15) is 8.78 Å². The molecule has 0 aliphatic heterocycles. The van der Waals surface area contributed by atoms with Crippen molar-refractivity contribution in [2.75, 3.05) is 0 Å². The van der Waals surface area contributed by atoms with Gasteiger partial charge in [-0.15, -0.1) is 0 Å². The van der Waals surface area contributed by atoms with E-state index < -0.39 is 102 Å². The molecule has 0 fully saturated rings. The van der Waals surface area contributed by atoms with Gasteiger partial charge in [-0.05, 0) is 0 Å². The number of phenols is 2. The number of phenolic OH excluding ortho intramolecular Hbond substituents is 2. The summed E-state index contributed by atoms with van der Waals surface area (Å²) in [5, 5.41) is 9.74. The average Bonchev–Trinajstić information content (AvgIpc) is 2.73. The Morgan fingerprint density at radius 2 is 0.467 bits per heavy atom. The minimum absolute atomic E-state index is 1.55. The van der Waals surface area contributed by atoms with E-state index in [0.717, 1.165) is 0 Å². The second kappa shape index (κ2) is 6.03. The van der Waals surface area contributed by atoms with Crippen LogP contribution in [0.5, 0.6) is 11.5 Å². The summed E-state index contributed by atoms with van der Waals surface area (Å²) in [5.74, 6) is -28.5. The number of fused-ring (bicyclic) bond motifs is 6. The van der Waals surface area contributed by atoms with Crippen LogP contribution >= 0.6 is 0 Å². The van der Waals surface area contributed by atoms with Gasteiger partial charge in [0, 0.05) is 32.3 Å². The van der Waals surface area contributed by atoms with Crippen molar-refractivity contribution in [2.24, 2.45) is 0 Å². The lowest BCUT2D eigenvalue weighted by molar-refractivity contribution is 0.382. The maximum atomic E-state index is 14.5. The molecule has 4 rings (SSSR count). The zero-order valence-electron chi connectivity index (χ0n) is 13.7. The standard InChI is InChI=1S/C18H2F10O2/c19-7-1-2-4(10(22)14(26)12(24)8(2)20)6-5(3(1)9(21)13(25)11(7)23)17(29)15(27)16(28)18(6)30/h29-30H. The van der Waals surface area contributed by atoms with E-state index in [4.69, 9.17) is 0 Å². The molecule has 0 amide bonds. The molecule has 0 aromatic heterocycles. The van der Waals surface area contributed by atoms with Gasteiger partial charge >= 0.3 is 0 Å². The topological polar surface area (TPSA) is 40.5 Å². The summed E-state index contributed by atoms with van der Waals surface area (Å²) in [6, 6.07) is 0. The van der Waals surface area contributed by atoms with Gasteiger partial charge in [-0.25, -0.2) is 35.1 Å². The van der Waals surface area contributed by atoms with E-state index in [1.165, 1.54) is 0 Å². The summed E-state index contributed by atoms with van der Waals surface area (Å²) in [6.45, 7) is 0. The molecule has 0 atom stereocenters. The fraction of sp³-hybridized carbons (Fsp3) is 0. The highest BCUT2D eigenvalue weighted by Gasteiger charge is 2.34. The Morgan fingerprint density at radius 3 is 0.700 bits per heavy atom. The van der Waals surface area contributed by atoms with E-state index in [0.29, 0.717) is 0 Å². The molecule has 12 heteroatoms. The fourth-order valence-corrected chi connectivity index (χ4v) is 3.35. The van der Waals surface area contributed by atoms with Gasteiger partial charge in [0.1, 0.15) is 0 Å². The smallest absolute Gasteiger partial charge is 0.204 e. The Labute approximate surface area is 157 Å². The van der Waals surface area contributed by atoms with Gasteiger partial charge in [-0.3, -0.25) is 0 Å². The van der Waals surface area contributed by atoms with E-state index >= 15 is 0 Å². The Balaban J connectivity index is 2.66. The van der Waals surface area contributed by atoms with Crippen LogP contribution in [-0.4, -0.2) is 10.2 Å². The molecule has 0 radical (unpaired) electrons. The Kier molecular flexibility index (Phi) is 3.99. The van der Waals surface area contributed by atoms with Crippen LogP contribution in [0, 0.1) is 58.2 Å². The number of hydrogen-bond donors (Lipinski definition) is 2. The van der Waals surface area contributed by atoms with Crippen LogP contribution in [0.3, 0.4) is 0 Å². The highest BCUT2D eigenvalue weighted by Crippen LogP contribution is 2.49. The summed E-state index contributed by atoms with van der Waals surface area (Å²) in [5.41, 5.74) is 0. The van der Waals surface area contributed by atoms with Gasteiger partial charge in [0.15, 0.2) is 58.0 Å². The first-order valence-corrected chi connectivity index (χ1v) is 7.59. The van der Waals surface area contributed by atoms with Crippen LogP contribution < -0.4 is 0 Å². The second-order valence-corrected chi connectivity index (χ2v) is 6.09. The summed E-state index contributed by atoms with van der Waals surface area (Å²) < 4.78 is 141. The van der Waals surface area contributed by atoms with Crippen LogP contribution in [-0.2, 0) is 0 Å². The van der Waals surface area contributed by atoms with Crippen molar-refractivity contribution in [3.05, 3.63) is 58.2 Å². The molecule has 0 heterocycles. The molecule has 0 unspecified atom stereocenters. The third-order valence-corrected chi connectivity index (χ3v) is 4.62. The molecule has 2 N–H and O–H groups in total. The molecule has 0 saturated heterocycles. The predicted molar refractivity (Wildman–Crippen MR) is 81.9 cm³/mol. The lowest BCUT2D eigenvalue weighted by Gasteiger charge is -2.17. The van der Waals surface area contributed by atoms with E-state index in [2.05, 4.69) is 0 Å². The quantitative estimate of drug-likeness (QED) is 0.117. The summed E-state index contributed by atoms with van der Waals surface area (Å²) >= 11 is 0. The monoisotopic (exact) mass is 440 g/mol. The minimum atomic E-state index is -2.59. The lowest BCUT2D eigenvalue weighted by Crippen LogP contribution is -2.05. The number of hydrogen-bond acceptors (Lipinski definition) is 2. The molecular weight excluding hydrogens is 438 g/mol. The second-order valence-electron chi connectivity index (χ2n) is 6.09. The van der Waals surface area contributed by atoms with Crippen LogP contribution in [0.4, 0.5) is 43.9 Å². The Bertz CT molecular complexity index is 1150. The predicted octanol–water partition coefficient (Wildman–Crippen LogP) is 5.95. The Hall–Kier alpha value is -3.44. The van der Waals surface area contributed by atoms with Gasteiger partial charge in [-0.1, -0.05) is 0 Å². The van der Waals surface area contributed by atoms with Crippen molar-refractivity contribution in [1.82, 2.24) is 0 Å².